The lowest BCUT2D eigenvalue weighted by Gasteiger charge is -2.09. The number of hydrogen-bond donors (Lipinski definition) is 1. The van der Waals surface area contributed by atoms with Crippen molar-refractivity contribution in [3.05, 3.63) is 28.9 Å². The van der Waals surface area contributed by atoms with Crippen LogP contribution in [0.4, 0.5) is 18.3 Å². The summed E-state index contributed by atoms with van der Waals surface area (Å²) in [6.45, 7) is 4.07. The summed E-state index contributed by atoms with van der Waals surface area (Å²) < 4.78 is 42.6. The second-order valence-corrected chi connectivity index (χ2v) is 5.41. The molecule has 0 spiro atoms. The standard InChI is InChI=1S/C12H13F3N4OS/c1-7(2)20-9-5-8(3-4-16-9)6-17-11-19-18-10(21-11)12(13,14)15/h3-5,7H,6H2,1-2H3,(H,17,19). The van der Waals surface area contributed by atoms with E-state index < -0.39 is 11.2 Å². The van der Waals surface area contributed by atoms with Crippen molar-refractivity contribution in [1.82, 2.24) is 15.2 Å². The van der Waals surface area contributed by atoms with Crippen molar-refractivity contribution in [3.8, 4) is 5.88 Å². The number of alkyl halides is 3. The zero-order valence-corrected chi connectivity index (χ0v) is 12.1. The van der Waals surface area contributed by atoms with E-state index in [1.807, 2.05) is 13.8 Å². The molecule has 0 saturated carbocycles. The number of halogens is 3. The van der Waals surface area contributed by atoms with E-state index >= 15 is 0 Å². The maximum absolute atomic E-state index is 12.4. The summed E-state index contributed by atoms with van der Waals surface area (Å²) in [5.41, 5.74) is 0.824. The number of pyridine rings is 1. The molecule has 0 aromatic carbocycles. The fraction of sp³-hybridized carbons (Fsp3) is 0.417. The summed E-state index contributed by atoms with van der Waals surface area (Å²) in [7, 11) is 0. The molecule has 21 heavy (non-hydrogen) atoms. The Morgan fingerprint density at radius 3 is 2.71 bits per heavy atom. The van der Waals surface area contributed by atoms with Crippen molar-refractivity contribution in [2.45, 2.75) is 32.7 Å². The number of rotatable bonds is 5. The highest BCUT2D eigenvalue weighted by Gasteiger charge is 2.35. The quantitative estimate of drug-likeness (QED) is 0.916. The molecule has 1 N–H and O–H groups in total. The molecule has 0 atom stereocenters. The van der Waals surface area contributed by atoms with E-state index in [2.05, 4.69) is 20.5 Å². The molecule has 0 aliphatic rings. The first kappa shape index (κ1) is 15.5. The minimum Gasteiger partial charge on any atom is -0.475 e. The van der Waals surface area contributed by atoms with Crippen LogP contribution in [0.5, 0.6) is 5.88 Å². The Morgan fingerprint density at radius 1 is 1.33 bits per heavy atom. The minimum atomic E-state index is -4.47. The van der Waals surface area contributed by atoms with Gasteiger partial charge >= 0.3 is 6.18 Å². The highest BCUT2D eigenvalue weighted by atomic mass is 32.1. The molecule has 0 unspecified atom stereocenters. The van der Waals surface area contributed by atoms with E-state index in [9.17, 15) is 13.2 Å². The van der Waals surface area contributed by atoms with Gasteiger partial charge in [-0.25, -0.2) is 4.98 Å². The average Bonchev–Trinajstić information content (AvgIpc) is 2.84. The van der Waals surface area contributed by atoms with Gasteiger partial charge in [0.25, 0.3) is 0 Å². The van der Waals surface area contributed by atoms with Crippen LogP contribution in [0.1, 0.15) is 24.4 Å². The third-order valence-corrected chi connectivity index (χ3v) is 3.19. The molecule has 114 valence electrons. The van der Waals surface area contributed by atoms with Crippen molar-refractivity contribution in [3.63, 3.8) is 0 Å². The smallest absolute Gasteiger partial charge is 0.445 e. The van der Waals surface area contributed by atoms with Crippen molar-refractivity contribution in [2.24, 2.45) is 0 Å². The summed E-state index contributed by atoms with van der Waals surface area (Å²) in [6, 6.07) is 3.46. The lowest BCUT2D eigenvalue weighted by atomic mass is 10.2. The molecule has 0 amide bonds. The predicted octanol–water partition coefficient (Wildman–Crippen LogP) is 3.35. The molecule has 2 aromatic rings. The highest BCUT2D eigenvalue weighted by molar-refractivity contribution is 7.15. The van der Waals surface area contributed by atoms with Crippen LogP contribution in [0.2, 0.25) is 0 Å². The fourth-order valence-electron chi connectivity index (χ4n) is 1.45. The van der Waals surface area contributed by atoms with Crippen molar-refractivity contribution < 1.29 is 17.9 Å². The second kappa shape index (κ2) is 6.25. The van der Waals surface area contributed by atoms with Gasteiger partial charge in [0.15, 0.2) is 0 Å². The average molecular weight is 318 g/mol. The Morgan fingerprint density at radius 2 is 2.10 bits per heavy atom. The first-order valence-electron chi connectivity index (χ1n) is 6.11. The third-order valence-electron chi connectivity index (χ3n) is 2.27. The van der Waals surface area contributed by atoms with Crippen LogP contribution in [0, 0.1) is 0 Å². The summed E-state index contributed by atoms with van der Waals surface area (Å²) in [5.74, 6) is 0.470. The largest absolute Gasteiger partial charge is 0.475 e. The lowest BCUT2D eigenvalue weighted by Crippen LogP contribution is -2.07. The summed E-state index contributed by atoms with van der Waals surface area (Å²) in [6.07, 6.45) is -2.89. The van der Waals surface area contributed by atoms with Crippen molar-refractivity contribution in [1.29, 1.82) is 0 Å². The molecular formula is C12H13F3N4OS. The van der Waals surface area contributed by atoms with Gasteiger partial charge in [-0.05, 0) is 25.5 Å². The van der Waals surface area contributed by atoms with E-state index in [1.54, 1.807) is 18.3 Å². The van der Waals surface area contributed by atoms with Crippen LogP contribution in [0.25, 0.3) is 0 Å². The van der Waals surface area contributed by atoms with Gasteiger partial charge < -0.3 is 10.1 Å². The van der Waals surface area contributed by atoms with Crippen molar-refractivity contribution >= 4 is 16.5 Å². The fourth-order valence-corrected chi connectivity index (χ4v) is 2.06. The first-order valence-corrected chi connectivity index (χ1v) is 6.92. The summed E-state index contributed by atoms with van der Waals surface area (Å²) in [5, 5.41) is 8.50. The van der Waals surface area contributed by atoms with Gasteiger partial charge in [0.1, 0.15) is 0 Å². The van der Waals surface area contributed by atoms with Crippen LogP contribution >= 0.6 is 11.3 Å². The van der Waals surface area contributed by atoms with Gasteiger partial charge in [-0.2, -0.15) is 13.2 Å². The number of hydrogen-bond acceptors (Lipinski definition) is 6. The highest BCUT2D eigenvalue weighted by Crippen LogP contribution is 2.33. The molecule has 0 aliphatic heterocycles. The SMILES string of the molecule is CC(C)Oc1cc(CNc2nnc(C(F)(F)F)s2)ccn1. The molecule has 2 heterocycles. The topological polar surface area (TPSA) is 59.9 Å². The Hall–Kier alpha value is -1.90. The third kappa shape index (κ3) is 4.55. The second-order valence-electron chi connectivity index (χ2n) is 4.43. The molecule has 0 fully saturated rings. The monoisotopic (exact) mass is 318 g/mol. The molecule has 2 aromatic heterocycles. The Balaban J connectivity index is 1.98. The number of nitrogens with one attached hydrogen (secondary N) is 1. The maximum Gasteiger partial charge on any atom is 0.445 e. The number of anilines is 1. The van der Waals surface area contributed by atoms with Gasteiger partial charge in [-0.15, -0.1) is 10.2 Å². The van der Waals surface area contributed by atoms with E-state index in [-0.39, 0.29) is 11.2 Å². The van der Waals surface area contributed by atoms with Crippen LogP contribution in [0.3, 0.4) is 0 Å². The molecule has 0 radical (unpaired) electrons. The van der Waals surface area contributed by atoms with Crippen molar-refractivity contribution in [2.75, 3.05) is 5.32 Å². The molecule has 5 nitrogen and oxygen atoms in total. The molecule has 2 rings (SSSR count). The van der Waals surface area contributed by atoms with Crippen LogP contribution in [-0.2, 0) is 12.7 Å². The number of aromatic nitrogens is 3. The van der Waals surface area contributed by atoms with Gasteiger partial charge in [0.05, 0.1) is 6.10 Å². The Bertz CT molecular complexity index is 600. The molecule has 0 saturated heterocycles. The van der Waals surface area contributed by atoms with Crippen LogP contribution < -0.4 is 10.1 Å². The van der Waals surface area contributed by atoms with E-state index in [1.165, 1.54) is 0 Å². The van der Waals surface area contributed by atoms with Gasteiger partial charge in [-0.3, -0.25) is 0 Å². The first-order chi connectivity index (χ1) is 9.84. The van der Waals surface area contributed by atoms with E-state index in [0.717, 1.165) is 5.56 Å². The number of nitrogens with zero attached hydrogens (tertiary/aromatic N) is 3. The summed E-state index contributed by atoms with van der Waals surface area (Å²) in [4.78, 5) is 4.05. The molecule has 0 bridgehead atoms. The van der Waals surface area contributed by atoms with Gasteiger partial charge in [-0.1, -0.05) is 11.3 Å². The lowest BCUT2D eigenvalue weighted by molar-refractivity contribution is -0.138. The Kier molecular flexibility index (Phi) is 4.61. The molecule has 0 aliphatic carbocycles. The minimum absolute atomic E-state index is 0.00165. The Labute approximate surface area is 123 Å². The predicted molar refractivity (Wildman–Crippen MR) is 72.2 cm³/mol. The van der Waals surface area contributed by atoms with E-state index in [0.29, 0.717) is 23.8 Å². The molecular weight excluding hydrogens is 305 g/mol. The normalized spacial score (nSPS) is 11.7. The maximum atomic E-state index is 12.4. The number of ether oxygens (including phenoxy) is 1. The zero-order valence-electron chi connectivity index (χ0n) is 11.3. The van der Waals surface area contributed by atoms with Gasteiger partial charge in [0, 0.05) is 18.8 Å². The van der Waals surface area contributed by atoms with Crippen LogP contribution in [-0.4, -0.2) is 21.3 Å². The zero-order chi connectivity index (χ0) is 15.5. The summed E-state index contributed by atoms with van der Waals surface area (Å²) >= 11 is 0.469. The van der Waals surface area contributed by atoms with Crippen LogP contribution in [0.15, 0.2) is 18.3 Å². The molecule has 9 heteroatoms. The van der Waals surface area contributed by atoms with E-state index in [4.69, 9.17) is 4.74 Å². The van der Waals surface area contributed by atoms with Gasteiger partial charge in [0.2, 0.25) is 16.0 Å².